The van der Waals surface area contributed by atoms with E-state index in [1.54, 1.807) is 0 Å². The molecule has 0 saturated heterocycles. The molecular formula is C17H21N5O2. The number of urea groups is 1. The van der Waals surface area contributed by atoms with E-state index in [-0.39, 0.29) is 11.9 Å². The minimum Gasteiger partial charge on any atom is -0.481 e. The first-order chi connectivity index (χ1) is 11.4. The maximum Gasteiger partial charge on any atom is 0.320 e. The molecule has 1 heterocycles. The average Bonchev–Trinajstić information content (AvgIpc) is 2.54. The smallest absolute Gasteiger partial charge is 0.320 e. The van der Waals surface area contributed by atoms with E-state index in [4.69, 9.17) is 15.9 Å². The third kappa shape index (κ3) is 4.01. The summed E-state index contributed by atoms with van der Waals surface area (Å²) in [6.07, 6.45) is 1.39. The molecule has 1 aromatic heterocycles. The van der Waals surface area contributed by atoms with Crippen LogP contribution >= 0.6 is 0 Å². The number of carbonyl (C=O) groups excluding carboxylic acids is 1. The number of hydrogen-bond donors (Lipinski definition) is 4. The monoisotopic (exact) mass is 327 g/mol. The van der Waals surface area contributed by atoms with Gasteiger partial charge in [0.25, 0.3) is 0 Å². The zero-order chi connectivity index (χ0) is 17.7. The van der Waals surface area contributed by atoms with Crippen LogP contribution in [0.4, 0.5) is 16.3 Å². The van der Waals surface area contributed by atoms with Crippen LogP contribution in [0.25, 0.3) is 0 Å². The Morgan fingerprint density at radius 3 is 2.58 bits per heavy atom. The topological polar surface area (TPSA) is 113 Å². The molecule has 7 nitrogen and oxygen atoms in total. The molecule has 2 amide bonds. The standard InChI is InChI=1S/C17H21N5O2/c1-10-5-4-6-11(2)12(10)8-21-17(23)22-15-7-14(18)13(9-20-15)16(19)24-3/h4-7,9,19H,8H2,1-3H3,(H4,18,20,21,22,23). The van der Waals surface area contributed by atoms with E-state index in [1.165, 1.54) is 19.4 Å². The van der Waals surface area contributed by atoms with Gasteiger partial charge in [-0.3, -0.25) is 10.7 Å². The normalized spacial score (nSPS) is 10.1. The molecule has 0 radical (unpaired) electrons. The van der Waals surface area contributed by atoms with E-state index < -0.39 is 0 Å². The Kier molecular flexibility index (Phi) is 5.36. The second kappa shape index (κ2) is 7.45. The highest BCUT2D eigenvalue weighted by atomic mass is 16.5. The lowest BCUT2D eigenvalue weighted by Gasteiger charge is -2.12. The lowest BCUT2D eigenvalue weighted by atomic mass is 10.0. The van der Waals surface area contributed by atoms with Gasteiger partial charge in [-0.15, -0.1) is 0 Å². The molecule has 2 aromatic rings. The van der Waals surface area contributed by atoms with E-state index in [0.29, 0.717) is 23.6 Å². The Balaban J connectivity index is 2.00. The highest BCUT2D eigenvalue weighted by molar-refractivity contribution is 5.97. The van der Waals surface area contributed by atoms with Gasteiger partial charge in [0.05, 0.1) is 12.7 Å². The van der Waals surface area contributed by atoms with E-state index in [1.807, 2.05) is 32.0 Å². The first-order valence-corrected chi connectivity index (χ1v) is 7.40. The van der Waals surface area contributed by atoms with Gasteiger partial charge >= 0.3 is 6.03 Å². The molecule has 24 heavy (non-hydrogen) atoms. The molecule has 0 aliphatic heterocycles. The predicted molar refractivity (Wildman–Crippen MR) is 94.3 cm³/mol. The fourth-order valence-electron chi connectivity index (χ4n) is 2.30. The number of pyridine rings is 1. The number of nitrogens with one attached hydrogen (secondary N) is 3. The third-order valence-electron chi connectivity index (χ3n) is 3.70. The van der Waals surface area contributed by atoms with E-state index in [2.05, 4.69) is 15.6 Å². The van der Waals surface area contributed by atoms with Gasteiger partial charge in [-0.05, 0) is 30.5 Å². The molecule has 0 aliphatic carbocycles. The third-order valence-corrected chi connectivity index (χ3v) is 3.70. The van der Waals surface area contributed by atoms with Gasteiger partial charge in [0.15, 0.2) is 0 Å². The number of benzene rings is 1. The van der Waals surface area contributed by atoms with Crippen LogP contribution in [0.1, 0.15) is 22.3 Å². The molecule has 0 atom stereocenters. The van der Waals surface area contributed by atoms with Crippen molar-refractivity contribution in [1.82, 2.24) is 10.3 Å². The number of methoxy groups -OCH3 is 1. The van der Waals surface area contributed by atoms with Crippen molar-refractivity contribution in [1.29, 1.82) is 5.41 Å². The highest BCUT2D eigenvalue weighted by Crippen LogP contribution is 2.16. The van der Waals surface area contributed by atoms with Crippen molar-refractivity contribution in [2.24, 2.45) is 0 Å². The first-order valence-electron chi connectivity index (χ1n) is 7.40. The fourth-order valence-corrected chi connectivity index (χ4v) is 2.30. The number of nitrogen functional groups attached to an aromatic ring is 1. The number of amides is 2. The second-order valence-corrected chi connectivity index (χ2v) is 5.37. The van der Waals surface area contributed by atoms with Gasteiger partial charge in [-0.2, -0.15) is 0 Å². The van der Waals surface area contributed by atoms with Crippen molar-refractivity contribution in [3.8, 4) is 0 Å². The Bertz CT molecular complexity index is 753. The fraction of sp³-hybridized carbons (Fsp3) is 0.235. The Morgan fingerprint density at radius 1 is 1.33 bits per heavy atom. The molecule has 0 unspecified atom stereocenters. The molecule has 126 valence electrons. The van der Waals surface area contributed by atoms with Crippen molar-refractivity contribution in [2.75, 3.05) is 18.2 Å². The zero-order valence-electron chi connectivity index (χ0n) is 13.9. The zero-order valence-corrected chi connectivity index (χ0v) is 13.9. The summed E-state index contributed by atoms with van der Waals surface area (Å²) < 4.78 is 4.81. The van der Waals surface area contributed by atoms with Crippen LogP contribution in [0.2, 0.25) is 0 Å². The Morgan fingerprint density at radius 2 is 2.00 bits per heavy atom. The summed E-state index contributed by atoms with van der Waals surface area (Å²) in [5.41, 5.74) is 9.86. The Hall–Kier alpha value is -3.09. The molecule has 7 heteroatoms. The Labute approximate surface area is 140 Å². The van der Waals surface area contributed by atoms with Crippen LogP contribution in [0.3, 0.4) is 0 Å². The maximum atomic E-state index is 12.0. The van der Waals surface area contributed by atoms with E-state index in [0.717, 1.165) is 16.7 Å². The summed E-state index contributed by atoms with van der Waals surface area (Å²) in [4.78, 5) is 16.1. The van der Waals surface area contributed by atoms with Crippen molar-refractivity contribution >= 4 is 23.4 Å². The summed E-state index contributed by atoms with van der Waals surface area (Å²) in [6, 6.07) is 7.11. The van der Waals surface area contributed by atoms with Gasteiger partial charge in [0.2, 0.25) is 5.90 Å². The van der Waals surface area contributed by atoms with Crippen LogP contribution in [0, 0.1) is 19.3 Å². The van der Waals surface area contributed by atoms with Crippen LogP contribution in [0.15, 0.2) is 30.5 Å². The van der Waals surface area contributed by atoms with Crippen LogP contribution in [-0.4, -0.2) is 24.0 Å². The van der Waals surface area contributed by atoms with E-state index in [9.17, 15) is 4.79 Å². The minimum atomic E-state index is -0.376. The van der Waals surface area contributed by atoms with Gasteiger partial charge in [-0.25, -0.2) is 9.78 Å². The summed E-state index contributed by atoms with van der Waals surface area (Å²) >= 11 is 0. The van der Waals surface area contributed by atoms with E-state index >= 15 is 0 Å². The summed E-state index contributed by atoms with van der Waals surface area (Å²) in [6.45, 7) is 4.44. The molecule has 1 aromatic carbocycles. The maximum absolute atomic E-state index is 12.0. The van der Waals surface area contributed by atoms with Gasteiger partial charge < -0.3 is 15.8 Å². The molecule has 0 spiro atoms. The van der Waals surface area contributed by atoms with Gasteiger partial charge in [0.1, 0.15) is 5.82 Å². The number of rotatable bonds is 4. The summed E-state index contributed by atoms with van der Waals surface area (Å²) in [5, 5.41) is 13.0. The number of aryl methyl sites for hydroxylation is 2. The number of aromatic nitrogens is 1. The number of ether oxygens (including phenoxy) is 1. The molecule has 0 saturated carbocycles. The lowest BCUT2D eigenvalue weighted by Crippen LogP contribution is -2.29. The molecule has 0 fully saturated rings. The van der Waals surface area contributed by atoms with Crippen molar-refractivity contribution in [3.63, 3.8) is 0 Å². The molecule has 0 aliphatic rings. The van der Waals surface area contributed by atoms with Crippen molar-refractivity contribution < 1.29 is 9.53 Å². The largest absolute Gasteiger partial charge is 0.481 e. The highest BCUT2D eigenvalue weighted by Gasteiger charge is 2.10. The van der Waals surface area contributed by atoms with Crippen molar-refractivity contribution in [3.05, 3.63) is 52.7 Å². The summed E-state index contributed by atoms with van der Waals surface area (Å²) in [7, 11) is 1.38. The van der Waals surface area contributed by atoms with Crippen LogP contribution < -0.4 is 16.4 Å². The molecule has 2 rings (SSSR count). The second-order valence-electron chi connectivity index (χ2n) is 5.37. The first kappa shape index (κ1) is 17.3. The van der Waals surface area contributed by atoms with Gasteiger partial charge in [-0.1, -0.05) is 18.2 Å². The van der Waals surface area contributed by atoms with Gasteiger partial charge in [0, 0.05) is 24.5 Å². The number of carbonyl (C=O) groups is 1. The van der Waals surface area contributed by atoms with Crippen LogP contribution in [0.5, 0.6) is 0 Å². The molecular weight excluding hydrogens is 306 g/mol. The quantitative estimate of drug-likeness (QED) is 0.510. The van der Waals surface area contributed by atoms with Crippen LogP contribution in [-0.2, 0) is 11.3 Å². The number of nitrogens with two attached hydrogens (primary N) is 1. The lowest BCUT2D eigenvalue weighted by molar-refractivity contribution is 0.251. The predicted octanol–water partition coefficient (Wildman–Crippen LogP) is 2.57. The number of anilines is 2. The number of nitrogens with zero attached hydrogens (tertiary/aromatic N) is 1. The van der Waals surface area contributed by atoms with Crippen molar-refractivity contribution in [2.45, 2.75) is 20.4 Å². The molecule has 0 bridgehead atoms. The number of hydrogen-bond acceptors (Lipinski definition) is 5. The minimum absolute atomic E-state index is 0.0778. The molecule has 5 N–H and O–H groups in total. The SMILES string of the molecule is COC(=N)c1cnc(NC(=O)NCc2c(C)cccc2C)cc1N. The summed E-state index contributed by atoms with van der Waals surface area (Å²) in [5.74, 6) is 0.227. The average molecular weight is 327 g/mol.